The van der Waals surface area contributed by atoms with Gasteiger partial charge >= 0.3 is 0 Å². The molecule has 0 bridgehead atoms. The highest BCUT2D eigenvalue weighted by Crippen LogP contribution is 2.20. The van der Waals surface area contributed by atoms with Crippen LogP contribution in [0.1, 0.15) is 46.8 Å². The third-order valence-corrected chi connectivity index (χ3v) is 5.48. The van der Waals surface area contributed by atoms with E-state index < -0.39 is 5.82 Å². The normalized spacial score (nSPS) is 11.6. The lowest BCUT2D eigenvalue weighted by atomic mass is 10.1. The first-order chi connectivity index (χ1) is 16.9. The summed E-state index contributed by atoms with van der Waals surface area (Å²) in [6.07, 6.45) is 0.553. The van der Waals surface area contributed by atoms with Gasteiger partial charge in [-0.15, -0.1) is 10.2 Å². The molecule has 0 radical (unpaired) electrons. The van der Waals surface area contributed by atoms with Gasteiger partial charge < -0.3 is 15.1 Å². The van der Waals surface area contributed by atoms with Crippen LogP contribution in [0.2, 0.25) is 0 Å². The minimum Gasteiger partial charge on any atom is -0.421 e. The second-order valence-corrected chi connectivity index (χ2v) is 8.24. The Labute approximate surface area is 202 Å². The number of carbonyl (C=O) groups excluding carboxylic acids is 2. The number of carbonyl (C=O) groups is 2. The van der Waals surface area contributed by atoms with Crippen molar-refractivity contribution in [1.82, 2.24) is 15.5 Å². The van der Waals surface area contributed by atoms with Gasteiger partial charge in [0.1, 0.15) is 5.82 Å². The Bertz CT molecular complexity index is 1300. The molecule has 3 aromatic carbocycles. The number of anilines is 1. The molecule has 35 heavy (non-hydrogen) atoms. The molecular formula is C27H25FN4O3. The number of amides is 2. The molecule has 2 amide bonds. The van der Waals surface area contributed by atoms with Crippen molar-refractivity contribution in [2.75, 3.05) is 5.32 Å². The molecule has 178 valence electrons. The molecule has 0 spiro atoms. The van der Waals surface area contributed by atoms with Crippen LogP contribution in [0.5, 0.6) is 0 Å². The van der Waals surface area contributed by atoms with E-state index in [1.54, 1.807) is 12.1 Å². The van der Waals surface area contributed by atoms with Crippen molar-refractivity contribution in [2.24, 2.45) is 0 Å². The van der Waals surface area contributed by atoms with E-state index >= 15 is 0 Å². The minimum atomic E-state index is -0.397. The third kappa shape index (κ3) is 6.38. The average molecular weight is 473 g/mol. The highest BCUT2D eigenvalue weighted by molar-refractivity contribution is 6.04. The summed E-state index contributed by atoms with van der Waals surface area (Å²) in [5, 5.41) is 13.8. The Hall–Kier alpha value is -4.33. The predicted octanol–water partition coefficient (Wildman–Crippen LogP) is 5.25. The van der Waals surface area contributed by atoms with Crippen LogP contribution in [0, 0.1) is 12.7 Å². The van der Waals surface area contributed by atoms with Crippen LogP contribution in [0.3, 0.4) is 0 Å². The van der Waals surface area contributed by atoms with Crippen molar-refractivity contribution in [1.29, 1.82) is 0 Å². The quantitative estimate of drug-likeness (QED) is 0.365. The molecule has 0 aliphatic rings. The Morgan fingerprint density at radius 2 is 1.63 bits per heavy atom. The van der Waals surface area contributed by atoms with Gasteiger partial charge in [0.25, 0.3) is 5.91 Å². The van der Waals surface area contributed by atoms with E-state index in [0.717, 1.165) is 16.7 Å². The van der Waals surface area contributed by atoms with E-state index in [0.29, 0.717) is 29.5 Å². The van der Waals surface area contributed by atoms with Crippen LogP contribution >= 0.6 is 0 Å². The number of hydrogen-bond donors (Lipinski definition) is 2. The smallest absolute Gasteiger partial charge is 0.255 e. The van der Waals surface area contributed by atoms with Gasteiger partial charge in [-0.05, 0) is 67.9 Å². The fourth-order valence-electron chi connectivity index (χ4n) is 3.44. The Balaban J connectivity index is 1.26. The monoisotopic (exact) mass is 472 g/mol. The van der Waals surface area contributed by atoms with Crippen molar-refractivity contribution in [3.63, 3.8) is 0 Å². The molecular weight excluding hydrogens is 447 g/mol. The summed E-state index contributed by atoms with van der Waals surface area (Å²) >= 11 is 0. The molecule has 4 rings (SSSR count). The first-order valence-electron chi connectivity index (χ1n) is 11.2. The lowest BCUT2D eigenvalue weighted by Crippen LogP contribution is -2.26. The van der Waals surface area contributed by atoms with Gasteiger partial charge in [0, 0.05) is 29.7 Å². The molecule has 8 heteroatoms. The highest BCUT2D eigenvalue weighted by Gasteiger charge is 2.14. The Kier molecular flexibility index (Phi) is 7.30. The second kappa shape index (κ2) is 10.7. The number of aromatic nitrogens is 2. The average Bonchev–Trinajstić information content (AvgIpc) is 3.33. The van der Waals surface area contributed by atoms with Crippen LogP contribution < -0.4 is 10.6 Å². The van der Waals surface area contributed by atoms with Crippen LogP contribution in [0.4, 0.5) is 10.1 Å². The number of halogens is 1. The van der Waals surface area contributed by atoms with Crippen molar-refractivity contribution in [3.8, 4) is 11.5 Å². The van der Waals surface area contributed by atoms with Crippen molar-refractivity contribution in [3.05, 3.63) is 101 Å². The molecule has 2 N–H and O–H groups in total. The fourth-order valence-corrected chi connectivity index (χ4v) is 3.44. The molecule has 4 aromatic rings. The maximum absolute atomic E-state index is 13.0. The fraction of sp³-hybridized carbons (Fsp3) is 0.185. The van der Waals surface area contributed by atoms with E-state index in [4.69, 9.17) is 4.42 Å². The lowest BCUT2D eigenvalue weighted by Gasteiger charge is -2.15. The standard InChI is InChI=1S/C27H25FN4O3/c1-17-3-5-21(6-4-17)27-32-31-25(35-27)16-15-24(33)29-18(2)19-9-13-23(14-10-19)30-26(34)20-7-11-22(28)12-8-20/h3-14,18H,15-16H2,1-2H3,(H,29,33)(H,30,34). The van der Waals surface area contributed by atoms with Gasteiger partial charge in [0.2, 0.25) is 17.7 Å². The SMILES string of the molecule is Cc1ccc(-c2nnc(CCC(=O)NC(C)c3ccc(NC(=O)c4ccc(F)cc4)cc3)o2)cc1. The van der Waals surface area contributed by atoms with Crippen LogP contribution in [-0.2, 0) is 11.2 Å². The first kappa shape index (κ1) is 23.8. The molecule has 0 aliphatic heterocycles. The third-order valence-electron chi connectivity index (χ3n) is 5.48. The second-order valence-electron chi connectivity index (χ2n) is 8.24. The van der Waals surface area contributed by atoms with Gasteiger partial charge in [-0.2, -0.15) is 0 Å². The Morgan fingerprint density at radius 1 is 0.943 bits per heavy atom. The molecule has 0 saturated carbocycles. The summed E-state index contributed by atoms with van der Waals surface area (Å²) in [6.45, 7) is 3.89. The number of nitrogens with one attached hydrogen (secondary N) is 2. The van der Waals surface area contributed by atoms with Crippen LogP contribution in [-0.4, -0.2) is 22.0 Å². The zero-order chi connectivity index (χ0) is 24.8. The van der Waals surface area contributed by atoms with Gasteiger partial charge in [0.15, 0.2) is 0 Å². The van der Waals surface area contributed by atoms with Crippen LogP contribution in [0.25, 0.3) is 11.5 Å². The minimum absolute atomic E-state index is 0.138. The summed E-state index contributed by atoms with van der Waals surface area (Å²) in [7, 11) is 0. The maximum atomic E-state index is 13.0. The predicted molar refractivity (Wildman–Crippen MR) is 130 cm³/mol. The van der Waals surface area contributed by atoms with Crippen molar-refractivity contribution in [2.45, 2.75) is 32.7 Å². The molecule has 7 nitrogen and oxygen atoms in total. The molecule has 0 saturated heterocycles. The first-order valence-corrected chi connectivity index (χ1v) is 11.2. The molecule has 0 fully saturated rings. The van der Waals surface area contributed by atoms with Crippen molar-refractivity contribution < 1.29 is 18.4 Å². The van der Waals surface area contributed by atoms with E-state index in [1.165, 1.54) is 24.3 Å². The number of hydrogen-bond acceptors (Lipinski definition) is 5. The number of rotatable bonds is 8. The number of benzene rings is 3. The zero-order valence-electron chi connectivity index (χ0n) is 19.4. The maximum Gasteiger partial charge on any atom is 0.255 e. The molecule has 1 atom stereocenters. The molecule has 1 aromatic heterocycles. The summed E-state index contributed by atoms with van der Waals surface area (Å²) in [6, 6.07) is 20.1. The topological polar surface area (TPSA) is 97.1 Å². The molecule has 0 aliphatic carbocycles. The molecule has 1 heterocycles. The summed E-state index contributed by atoms with van der Waals surface area (Å²) in [5.74, 6) is -0.0250. The van der Waals surface area contributed by atoms with Crippen LogP contribution in [0.15, 0.2) is 77.2 Å². The van der Waals surface area contributed by atoms with Gasteiger partial charge in [-0.25, -0.2) is 4.39 Å². The van der Waals surface area contributed by atoms with Gasteiger partial charge in [0.05, 0.1) is 6.04 Å². The summed E-state index contributed by atoms with van der Waals surface area (Å²) in [5.41, 5.74) is 3.83. The largest absolute Gasteiger partial charge is 0.421 e. The summed E-state index contributed by atoms with van der Waals surface area (Å²) < 4.78 is 18.7. The van der Waals surface area contributed by atoms with Gasteiger partial charge in [-0.3, -0.25) is 9.59 Å². The van der Waals surface area contributed by atoms with Crippen molar-refractivity contribution >= 4 is 17.5 Å². The Morgan fingerprint density at radius 3 is 2.31 bits per heavy atom. The van der Waals surface area contributed by atoms with E-state index in [2.05, 4.69) is 20.8 Å². The van der Waals surface area contributed by atoms with E-state index in [1.807, 2.05) is 50.2 Å². The lowest BCUT2D eigenvalue weighted by molar-refractivity contribution is -0.121. The highest BCUT2D eigenvalue weighted by atomic mass is 19.1. The van der Waals surface area contributed by atoms with Gasteiger partial charge in [-0.1, -0.05) is 29.8 Å². The summed E-state index contributed by atoms with van der Waals surface area (Å²) in [4.78, 5) is 24.7. The number of aryl methyl sites for hydroxylation is 2. The number of nitrogens with zero attached hydrogens (tertiary/aromatic N) is 2. The van der Waals surface area contributed by atoms with E-state index in [-0.39, 0.29) is 24.3 Å². The zero-order valence-corrected chi connectivity index (χ0v) is 19.4. The molecule has 1 unspecified atom stereocenters. The van der Waals surface area contributed by atoms with E-state index in [9.17, 15) is 14.0 Å².